The maximum atomic E-state index is 5.21. The van der Waals surface area contributed by atoms with E-state index < -0.39 is 0 Å². The summed E-state index contributed by atoms with van der Waals surface area (Å²) in [5.41, 5.74) is 2.85. The second-order valence-corrected chi connectivity index (χ2v) is 5.18. The number of pyridine rings is 1. The molecule has 1 saturated carbocycles. The van der Waals surface area contributed by atoms with Gasteiger partial charge < -0.3 is 9.84 Å². The van der Waals surface area contributed by atoms with Crippen LogP contribution in [-0.4, -0.2) is 21.2 Å². The van der Waals surface area contributed by atoms with Crippen molar-refractivity contribution in [2.75, 3.05) is 5.32 Å². The zero-order chi connectivity index (χ0) is 13.5. The molecule has 0 spiro atoms. The molecule has 0 bridgehead atoms. The molecular formula is C15H14N4O. The lowest BCUT2D eigenvalue weighted by atomic mass is 10.1. The van der Waals surface area contributed by atoms with Crippen molar-refractivity contribution < 1.29 is 4.52 Å². The number of anilines is 1. The summed E-state index contributed by atoms with van der Waals surface area (Å²) in [6.45, 7) is 2.07. The van der Waals surface area contributed by atoms with Crippen LogP contribution in [-0.2, 0) is 0 Å². The molecule has 2 aromatic heterocycles. The molecular weight excluding hydrogens is 252 g/mol. The summed E-state index contributed by atoms with van der Waals surface area (Å²) in [4.78, 5) is 8.96. The maximum absolute atomic E-state index is 5.21. The monoisotopic (exact) mass is 266 g/mol. The minimum absolute atomic E-state index is 0.482. The number of nitrogens with zero attached hydrogens (tertiary/aromatic N) is 3. The molecule has 4 rings (SSSR count). The molecule has 0 aliphatic heterocycles. The fourth-order valence-electron chi connectivity index (χ4n) is 2.25. The lowest BCUT2D eigenvalue weighted by Crippen LogP contribution is -2.00. The lowest BCUT2D eigenvalue weighted by molar-refractivity contribution is 0.431. The number of fused-ring (bicyclic) bond motifs is 1. The van der Waals surface area contributed by atoms with Crippen molar-refractivity contribution in [3.63, 3.8) is 0 Å². The molecule has 0 radical (unpaired) electrons. The first-order valence-corrected chi connectivity index (χ1v) is 6.76. The van der Waals surface area contributed by atoms with Crippen molar-refractivity contribution >= 4 is 16.9 Å². The smallest absolute Gasteiger partial charge is 0.322 e. The average Bonchev–Trinajstić information content (AvgIpc) is 3.14. The molecule has 5 nitrogen and oxygen atoms in total. The molecule has 0 saturated heterocycles. The van der Waals surface area contributed by atoms with Crippen molar-refractivity contribution in [3.05, 3.63) is 35.9 Å². The molecule has 2 heterocycles. The van der Waals surface area contributed by atoms with Gasteiger partial charge in [-0.1, -0.05) is 23.4 Å². The topological polar surface area (TPSA) is 63.8 Å². The summed E-state index contributed by atoms with van der Waals surface area (Å²) in [6, 6.07) is 11.0. The van der Waals surface area contributed by atoms with Gasteiger partial charge in [0.05, 0.1) is 5.52 Å². The van der Waals surface area contributed by atoms with E-state index in [0.717, 1.165) is 22.2 Å². The molecule has 3 aromatic rings. The largest absolute Gasteiger partial charge is 0.335 e. The normalized spacial score (nSPS) is 14.7. The molecule has 1 fully saturated rings. The van der Waals surface area contributed by atoms with E-state index in [4.69, 9.17) is 4.52 Å². The number of para-hydroxylation sites is 1. The van der Waals surface area contributed by atoms with Crippen LogP contribution in [0.3, 0.4) is 0 Å². The summed E-state index contributed by atoms with van der Waals surface area (Å²) >= 11 is 0. The number of nitrogens with one attached hydrogen (secondary N) is 1. The summed E-state index contributed by atoms with van der Waals surface area (Å²) < 4.78 is 5.21. The van der Waals surface area contributed by atoms with Crippen molar-refractivity contribution in [2.24, 2.45) is 0 Å². The van der Waals surface area contributed by atoms with Gasteiger partial charge in [-0.15, -0.1) is 0 Å². The zero-order valence-electron chi connectivity index (χ0n) is 11.1. The number of rotatable bonds is 3. The lowest BCUT2D eigenvalue weighted by Gasteiger charge is -2.03. The van der Waals surface area contributed by atoms with E-state index in [1.807, 2.05) is 24.3 Å². The Morgan fingerprint density at radius 2 is 2.05 bits per heavy atom. The van der Waals surface area contributed by atoms with Crippen LogP contribution in [0.1, 0.15) is 18.4 Å². The third-order valence-electron chi connectivity index (χ3n) is 3.48. The fourth-order valence-corrected chi connectivity index (χ4v) is 2.25. The quantitative estimate of drug-likeness (QED) is 0.788. The molecule has 0 unspecified atom stereocenters. The first-order chi connectivity index (χ1) is 9.79. The number of aryl methyl sites for hydroxylation is 1. The van der Waals surface area contributed by atoms with Crippen molar-refractivity contribution in [2.45, 2.75) is 25.8 Å². The van der Waals surface area contributed by atoms with Gasteiger partial charge >= 0.3 is 6.01 Å². The highest BCUT2D eigenvalue weighted by molar-refractivity contribution is 5.84. The molecule has 20 heavy (non-hydrogen) atoms. The summed E-state index contributed by atoms with van der Waals surface area (Å²) in [5.74, 6) is 0.530. The Labute approximate surface area is 116 Å². The number of hydrogen-bond acceptors (Lipinski definition) is 5. The first-order valence-electron chi connectivity index (χ1n) is 6.76. The van der Waals surface area contributed by atoms with Gasteiger partial charge in [0.25, 0.3) is 0 Å². The van der Waals surface area contributed by atoms with Crippen LogP contribution < -0.4 is 5.32 Å². The number of aromatic nitrogens is 3. The minimum Gasteiger partial charge on any atom is -0.335 e. The Kier molecular flexibility index (Phi) is 2.45. The molecule has 0 atom stereocenters. The van der Waals surface area contributed by atoms with Crippen molar-refractivity contribution in [1.29, 1.82) is 0 Å². The molecule has 1 aliphatic rings. The SMILES string of the molecule is Cc1cc(-c2noc(NC3CC3)n2)nc2ccccc12. The van der Waals surface area contributed by atoms with E-state index in [1.54, 1.807) is 0 Å². The van der Waals surface area contributed by atoms with Gasteiger partial charge in [-0.25, -0.2) is 4.98 Å². The van der Waals surface area contributed by atoms with E-state index in [0.29, 0.717) is 17.9 Å². The van der Waals surface area contributed by atoms with Crippen LogP contribution in [0.5, 0.6) is 0 Å². The molecule has 5 heteroatoms. The van der Waals surface area contributed by atoms with Crippen LogP contribution >= 0.6 is 0 Å². The number of benzene rings is 1. The Morgan fingerprint density at radius 1 is 1.20 bits per heavy atom. The zero-order valence-corrected chi connectivity index (χ0v) is 11.1. The highest BCUT2D eigenvalue weighted by Gasteiger charge is 2.23. The summed E-state index contributed by atoms with van der Waals surface area (Å²) in [5, 5.41) is 8.34. The highest BCUT2D eigenvalue weighted by atomic mass is 16.5. The molecule has 1 aromatic carbocycles. The van der Waals surface area contributed by atoms with Crippen LogP contribution in [0.25, 0.3) is 22.4 Å². The van der Waals surface area contributed by atoms with Gasteiger partial charge in [-0.05, 0) is 37.5 Å². The predicted molar refractivity (Wildman–Crippen MR) is 76.4 cm³/mol. The average molecular weight is 266 g/mol. The second kappa shape index (κ2) is 4.30. The van der Waals surface area contributed by atoms with Crippen molar-refractivity contribution in [1.82, 2.24) is 15.1 Å². The Bertz CT molecular complexity index is 776. The van der Waals surface area contributed by atoms with E-state index in [2.05, 4.69) is 33.4 Å². The van der Waals surface area contributed by atoms with Crippen LogP contribution in [0.2, 0.25) is 0 Å². The molecule has 100 valence electrons. The van der Waals surface area contributed by atoms with Gasteiger partial charge in [-0.3, -0.25) is 0 Å². The molecule has 0 amide bonds. The standard InChI is InChI=1S/C15H14N4O/c1-9-8-13(17-12-5-3-2-4-11(9)12)14-18-15(20-19-14)16-10-6-7-10/h2-5,8,10H,6-7H2,1H3,(H,16,18,19). The highest BCUT2D eigenvalue weighted by Crippen LogP contribution is 2.26. The van der Waals surface area contributed by atoms with Gasteiger partial charge in [0.1, 0.15) is 5.69 Å². The van der Waals surface area contributed by atoms with E-state index in [-0.39, 0.29) is 0 Å². The van der Waals surface area contributed by atoms with E-state index in [9.17, 15) is 0 Å². The Morgan fingerprint density at radius 3 is 2.90 bits per heavy atom. The maximum Gasteiger partial charge on any atom is 0.322 e. The summed E-state index contributed by atoms with van der Waals surface area (Å²) in [6.07, 6.45) is 2.34. The van der Waals surface area contributed by atoms with Gasteiger partial charge in [0.2, 0.25) is 5.82 Å². The Hall–Kier alpha value is -2.43. The van der Waals surface area contributed by atoms with E-state index >= 15 is 0 Å². The van der Waals surface area contributed by atoms with E-state index in [1.165, 1.54) is 12.8 Å². The summed E-state index contributed by atoms with van der Waals surface area (Å²) in [7, 11) is 0. The molecule has 1 aliphatic carbocycles. The third kappa shape index (κ3) is 2.01. The molecule has 1 N–H and O–H groups in total. The number of hydrogen-bond donors (Lipinski definition) is 1. The minimum atomic E-state index is 0.482. The van der Waals surface area contributed by atoms with Gasteiger partial charge in [-0.2, -0.15) is 4.98 Å². The van der Waals surface area contributed by atoms with Crippen LogP contribution in [0.15, 0.2) is 34.9 Å². The fraction of sp³-hybridized carbons (Fsp3) is 0.267. The van der Waals surface area contributed by atoms with Crippen molar-refractivity contribution in [3.8, 4) is 11.5 Å². The van der Waals surface area contributed by atoms with Gasteiger partial charge in [0.15, 0.2) is 0 Å². The third-order valence-corrected chi connectivity index (χ3v) is 3.48. The second-order valence-electron chi connectivity index (χ2n) is 5.18. The predicted octanol–water partition coefficient (Wildman–Crippen LogP) is 3.17. The Balaban J connectivity index is 1.75. The first kappa shape index (κ1) is 11.4. The van der Waals surface area contributed by atoms with Crippen LogP contribution in [0.4, 0.5) is 6.01 Å². The van der Waals surface area contributed by atoms with Gasteiger partial charge in [0, 0.05) is 11.4 Å². The van der Waals surface area contributed by atoms with Crippen LogP contribution in [0, 0.1) is 6.92 Å².